The van der Waals surface area contributed by atoms with Gasteiger partial charge in [-0.25, -0.2) is 8.42 Å². The van der Waals surface area contributed by atoms with Crippen molar-refractivity contribution in [2.45, 2.75) is 6.92 Å². The van der Waals surface area contributed by atoms with Gasteiger partial charge in [-0.05, 0) is 19.1 Å². The highest BCUT2D eigenvalue weighted by Gasteiger charge is 2.19. The zero-order chi connectivity index (χ0) is 14.8. The van der Waals surface area contributed by atoms with Crippen LogP contribution < -0.4 is 15.4 Å². The van der Waals surface area contributed by atoms with Crippen LogP contribution in [0.3, 0.4) is 0 Å². The van der Waals surface area contributed by atoms with E-state index in [0.717, 1.165) is 24.9 Å². The highest BCUT2D eigenvalue weighted by molar-refractivity contribution is 7.92. The van der Waals surface area contributed by atoms with E-state index in [4.69, 9.17) is 0 Å². The van der Waals surface area contributed by atoms with Crippen molar-refractivity contribution in [3.63, 3.8) is 0 Å². The monoisotopic (exact) mass is 333 g/mol. The van der Waals surface area contributed by atoms with Crippen molar-refractivity contribution < 1.29 is 13.2 Å². The van der Waals surface area contributed by atoms with Gasteiger partial charge < -0.3 is 10.6 Å². The first-order valence-electron chi connectivity index (χ1n) is 6.42. The largest absolute Gasteiger partial charge is 0.352 e. The van der Waals surface area contributed by atoms with E-state index < -0.39 is 10.0 Å². The summed E-state index contributed by atoms with van der Waals surface area (Å²) in [6.45, 7) is 4.26. The molecule has 2 rings (SSSR count). The van der Waals surface area contributed by atoms with E-state index >= 15 is 0 Å². The Morgan fingerprint density at radius 1 is 1.38 bits per heavy atom. The highest BCUT2D eigenvalue weighted by atomic mass is 35.5. The zero-order valence-electron chi connectivity index (χ0n) is 12.0. The minimum atomic E-state index is -3.41. The Morgan fingerprint density at radius 2 is 2.05 bits per heavy atom. The van der Waals surface area contributed by atoms with Gasteiger partial charge in [0.25, 0.3) is 5.91 Å². The van der Waals surface area contributed by atoms with Gasteiger partial charge in [0.15, 0.2) is 0 Å². The van der Waals surface area contributed by atoms with Gasteiger partial charge in [-0.1, -0.05) is 11.6 Å². The Kier molecular flexibility index (Phi) is 6.00. The van der Waals surface area contributed by atoms with Gasteiger partial charge in [-0.3, -0.25) is 9.52 Å². The average Bonchev–Trinajstić information content (AvgIpc) is 2.27. The molecule has 0 radical (unpaired) electrons. The second-order valence-electron chi connectivity index (χ2n) is 5.16. The first kappa shape index (κ1) is 17.7. The molecule has 6 nitrogen and oxygen atoms in total. The van der Waals surface area contributed by atoms with E-state index in [0.29, 0.717) is 23.7 Å². The van der Waals surface area contributed by atoms with E-state index in [2.05, 4.69) is 15.4 Å². The lowest BCUT2D eigenvalue weighted by atomic mass is 10.0. The topological polar surface area (TPSA) is 87.3 Å². The molecule has 3 N–H and O–H groups in total. The van der Waals surface area contributed by atoms with Gasteiger partial charge in [0.1, 0.15) is 0 Å². The number of carbonyl (C=O) groups is 1. The minimum Gasteiger partial charge on any atom is -0.352 e. The average molecular weight is 334 g/mol. The third kappa shape index (κ3) is 5.18. The maximum Gasteiger partial charge on any atom is 0.253 e. The lowest BCUT2D eigenvalue weighted by Crippen LogP contribution is -2.48. The Hall–Kier alpha value is -1.31. The van der Waals surface area contributed by atoms with E-state index in [-0.39, 0.29) is 18.3 Å². The number of hydrogen-bond acceptors (Lipinski definition) is 4. The van der Waals surface area contributed by atoms with Crippen LogP contribution in [0.15, 0.2) is 18.2 Å². The number of sulfonamides is 1. The lowest BCUT2D eigenvalue weighted by Gasteiger charge is -2.27. The first-order chi connectivity index (χ1) is 9.35. The lowest BCUT2D eigenvalue weighted by molar-refractivity contribution is 0.0943. The maximum absolute atomic E-state index is 12.2. The molecule has 8 heteroatoms. The van der Waals surface area contributed by atoms with E-state index in [1.54, 1.807) is 18.2 Å². The van der Waals surface area contributed by atoms with Crippen molar-refractivity contribution in [2.75, 3.05) is 30.6 Å². The van der Waals surface area contributed by atoms with E-state index in [1.807, 2.05) is 6.92 Å². The predicted molar refractivity (Wildman–Crippen MR) is 85.6 cm³/mol. The van der Waals surface area contributed by atoms with Crippen molar-refractivity contribution in [3.8, 4) is 0 Å². The molecular formula is C13H20ClN3O3S. The van der Waals surface area contributed by atoms with E-state index in [1.165, 1.54) is 0 Å². The molecule has 1 aromatic rings. The number of halogens is 1. The van der Waals surface area contributed by atoms with Gasteiger partial charge in [-0.2, -0.15) is 0 Å². The van der Waals surface area contributed by atoms with Crippen molar-refractivity contribution in [3.05, 3.63) is 29.3 Å². The van der Waals surface area contributed by atoms with Crippen LogP contribution in [-0.4, -0.2) is 40.2 Å². The van der Waals surface area contributed by atoms with Crippen LogP contribution in [0.4, 0.5) is 5.69 Å². The van der Waals surface area contributed by atoms with Crippen molar-refractivity contribution >= 4 is 34.0 Å². The maximum atomic E-state index is 12.2. The summed E-state index contributed by atoms with van der Waals surface area (Å²) in [4.78, 5) is 12.2. The summed E-state index contributed by atoms with van der Waals surface area (Å²) in [6.07, 6.45) is 1.06. The smallest absolute Gasteiger partial charge is 0.253 e. The van der Waals surface area contributed by atoms with Gasteiger partial charge in [0.05, 0.1) is 17.5 Å². The molecule has 21 heavy (non-hydrogen) atoms. The summed E-state index contributed by atoms with van der Waals surface area (Å²) in [5.74, 6) is 0.196. The summed E-state index contributed by atoms with van der Waals surface area (Å²) in [6, 6.07) is 5.05. The first-order valence-corrected chi connectivity index (χ1v) is 8.31. The number of aryl methyl sites for hydroxylation is 1. The van der Waals surface area contributed by atoms with Gasteiger partial charge in [-0.15, -0.1) is 12.4 Å². The third-order valence-electron chi connectivity index (χ3n) is 3.13. The Bertz CT molecular complexity index is 615. The number of anilines is 1. The molecule has 1 saturated heterocycles. The quantitative estimate of drug-likeness (QED) is 0.741. The van der Waals surface area contributed by atoms with Crippen LogP contribution in [-0.2, 0) is 10.0 Å². The summed E-state index contributed by atoms with van der Waals surface area (Å²) in [7, 11) is -3.41. The molecule has 1 aromatic carbocycles. The van der Waals surface area contributed by atoms with Crippen LogP contribution in [0.5, 0.6) is 0 Å². The third-order valence-corrected chi connectivity index (χ3v) is 3.72. The van der Waals surface area contributed by atoms with Crippen molar-refractivity contribution in [1.82, 2.24) is 10.6 Å². The fourth-order valence-corrected chi connectivity index (χ4v) is 2.54. The standard InChI is InChI=1S/C13H19N3O3S.ClH/c1-9-3-4-12(16-20(2,18)19)11(5-9)13(17)15-8-10-6-14-7-10;/h3-5,10,14,16H,6-8H2,1-2H3,(H,15,17);1H. The Balaban J connectivity index is 0.00000220. The molecule has 1 aliphatic heterocycles. The van der Waals surface area contributed by atoms with Crippen LogP contribution in [0, 0.1) is 12.8 Å². The van der Waals surface area contributed by atoms with Crippen LogP contribution in [0.2, 0.25) is 0 Å². The molecule has 118 valence electrons. The molecule has 0 atom stereocenters. The number of hydrogen-bond donors (Lipinski definition) is 3. The molecule has 0 saturated carbocycles. The SMILES string of the molecule is Cc1ccc(NS(C)(=O)=O)c(C(=O)NCC2CNC2)c1.Cl. The fourth-order valence-electron chi connectivity index (χ4n) is 1.96. The molecule has 0 bridgehead atoms. The number of nitrogens with one attached hydrogen (secondary N) is 3. The second-order valence-corrected chi connectivity index (χ2v) is 6.91. The van der Waals surface area contributed by atoms with Crippen molar-refractivity contribution in [2.24, 2.45) is 5.92 Å². The Morgan fingerprint density at radius 3 is 2.57 bits per heavy atom. The number of rotatable bonds is 5. The molecule has 0 aromatic heterocycles. The summed E-state index contributed by atoms with van der Waals surface area (Å²) < 4.78 is 25.0. The second kappa shape index (κ2) is 7.11. The molecular weight excluding hydrogens is 314 g/mol. The van der Waals surface area contributed by atoms with E-state index in [9.17, 15) is 13.2 Å². The van der Waals surface area contributed by atoms with Crippen LogP contribution >= 0.6 is 12.4 Å². The fraction of sp³-hybridized carbons (Fsp3) is 0.462. The number of amides is 1. The van der Waals surface area contributed by atoms with Gasteiger partial charge in [0, 0.05) is 25.6 Å². The normalized spacial score (nSPS) is 14.8. The molecule has 0 spiro atoms. The molecule has 0 unspecified atom stereocenters. The summed E-state index contributed by atoms with van der Waals surface area (Å²) in [5.41, 5.74) is 1.56. The summed E-state index contributed by atoms with van der Waals surface area (Å²) in [5, 5.41) is 5.97. The zero-order valence-corrected chi connectivity index (χ0v) is 13.6. The molecule has 1 fully saturated rings. The van der Waals surface area contributed by atoms with Gasteiger partial charge in [0.2, 0.25) is 10.0 Å². The molecule has 0 aliphatic carbocycles. The minimum absolute atomic E-state index is 0. The predicted octanol–water partition coefficient (Wildman–Crippen LogP) is 0.738. The molecule has 1 amide bonds. The molecule has 1 aliphatic rings. The van der Waals surface area contributed by atoms with Crippen molar-refractivity contribution in [1.29, 1.82) is 0 Å². The van der Waals surface area contributed by atoms with Crippen LogP contribution in [0.25, 0.3) is 0 Å². The Labute approximate surface area is 131 Å². The molecule has 1 heterocycles. The number of benzene rings is 1. The van der Waals surface area contributed by atoms with Gasteiger partial charge >= 0.3 is 0 Å². The summed E-state index contributed by atoms with van der Waals surface area (Å²) >= 11 is 0. The number of carbonyl (C=O) groups excluding carboxylic acids is 1. The highest BCUT2D eigenvalue weighted by Crippen LogP contribution is 2.18. The van der Waals surface area contributed by atoms with Crippen LogP contribution in [0.1, 0.15) is 15.9 Å².